The molecule has 0 aliphatic carbocycles. The van der Waals surface area contributed by atoms with Crippen molar-refractivity contribution in [1.29, 1.82) is 5.41 Å². The largest absolute Gasteiger partial charge is 0.457 e. The number of rotatable bonds is 11. The molecule has 5 rings (SSSR count). The minimum atomic E-state index is -4.22. The van der Waals surface area contributed by atoms with Crippen LogP contribution in [0.4, 0.5) is 0 Å². The summed E-state index contributed by atoms with van der Waals surface area (Å²) in [5, 5.41) is 10.6. The normalized spacial score (nSPS) is 11.3. The molecule has 0 heterocycles. The van der Waals surface area contributed by atoms with Crippen LogP contribution >= 0.6 is 20.0 Å². The van der Waals surface area contributed by atoms with Gasteiger partial charge in [0, 0.05) is 11.1 Å². The van der Waals surface area contributed by atoms with Crippen LogP contribution in [-0.2, 0) is 4.57 Å². The molecule has 0 bridgehead atoms. The summed E-state index contributed by atoms with van der Waals surface area (Å²) in [5.74, 6) is -0.213. The highest BCUT2D eigenvalue weighted by Gasteiger charge is 2.42. The first-order chi connectivity index (χ1) is 20.4. The van der Waals surface area contributed by atoms with Gasteiger partial charge in [-0.1, -0.05) is 84.9 Å². The first-order valence-corrected chi connectivity index (χ1v) is 14.7. The number of benzene rings is 5. The zero-order valence-electron chi connectivity index (χ0n) is 22.8. The maximum Gasteiger partial charge on any atom is 0.457 e. The molecule has 218 valence electrons. The fraction of sp³-hybridized carbons (Fsp3) is 0.0303. The highest BCUT2D eigenvalue weighted by molar-refractivity contribution is 7.55. The third kappa shape index (κ3) is 8.04. The fourth-order valence-electron chi connectivity index (χ4n) is 4.10. The van der Waals surface area contributed by atoms with Crippen LogP contribution in [0, 0.1) is 5.41 Å². The molecule has 43 heavy (non-hydrogen) atoms. The number of carbonyl (C=O) groups excluding carboxylic acids is 1. The fourth-order valence-corrected chi connectivity index (χ4v) is 6.00. The van der Waals surface area contributed by atoms with E-state index in [1.807, 2.05) is 30.3 Å². The van der Waals surface area contributed by atoms with Gasteiger partial charge in [-0.2, -0.15) is 0 Å². The Bertz CT molecular complexity index is 1660. The lowest BCUT2D eigenvalue weighted by atomic mass is 10.1. The Morgan fingerprint density at radius 3 is 1.65 bits per heavy atom. The highest BCUT2D eigenvalue weighted by atomic mass is 35.5. The van der Waals surface area contributed by atoms with E-state index in [0.717, 1.165) is 0 Å². The second-order valence-corrected chi connectivity index (χ2v) is 11.2. The lowest BCUT2D eigenvalue weighted by Crippen LogP contribution is -2.31. The van der Waals surface area contributed by atoms with E-state index < -0.39 is 19.3 Å². The Balaban J connectivity index is 0.00000423. The molecule has 5 aromatic carbocycles. The lowest BCUT2D eigenvalue weighted by Gasteiger charge is -2.28. The average molecular weight is 614 g/mol. The van der Waals surface area contributed by atoms with Gasteiger partial charge < -0.3 is 24.8 Å². The third-order valence-corrected chi connectivity index (χ3v) is 8.14. The molecule has 0 radical (unpaired) electrons. The summed E-state index contributed by atoms with van der Waals surface area (Å²) >= 11 is 0. The molecule has 1 amide bonds. The summed E-state index contributed by atoms with van der Waals surface area (Å²) in [5.41, 5.74) is 6.83. The standard InChI is InChI=1S/C33H28N3O5P.ClH/c34-31(35)24-19-21-25(22-20-24)33(36-32(37)26-11-10-18-30(23-26)39-27-12-4-1-5-13-27)42(38,40-28-14-6-2-7-15-28)41-29-16-8-3-9-17-29;/h1-23,33H,(H3,34,35)(H,36,37);1H. The van der Waals surface area contributed by atoms with Crippen LogP contribution in [-0.4, -0.2) is 11.7 Å². The quantitative estimate of drug-likeness (QED) is 0.0788. The van der Waals surface area contributed by atoms with Gasteiger partial charge in [-0.05, 0) is 60.2 Å². The highest BCUT2D eigenvalue weighted by Crippen LogP contribution is 2.59. The van der Waals surface area contributed by atoms with Gasteiger partial charge in [0.1, 0.15) is 28.8 Å². The molecule has 0 saturated carbocycles. The molecule has 8 nitrogen and oxygen atoms in total. The van der Waals surface area contributed by atoms with E-state index in [4.69, 9.17) is 24.9 Å². The predicted octanol–water partition coefficient (Wildman–Crippen LogP) is 7.96. The monoisotopic (exact) mass is 613 g/mol. The molecule has 0 aromatic heterocycles. The van der Waals surface area contributed by atoms with Crippen LogP contribution in [0.2, 0.25) is 0 Å². The Morgan fingerprint density at radius 2 is 1.14 bits per heavy atom. The van der Waals surface area contributed by atoms with Crippen molar-refractivity contribution in [2.24, 2.45) is 5.73 Å². The molecule has 0 spiro atoms. The second-order valence-electron chi connectivity index (χ2n) is 9.20. The Morgan fingerprint density at radius 1 is 0.651 bits per heavy atom. The van der Waals surface area contributed by atoms with Gasteiger partial charge in [-0.25, -0.2) is 4.57 Å². The van der Waals surface area contributed by atoms with E-state index in [2.05, 4.69) is 5.32 Å². The first-order valence-electron chi connectivity index (χ1n) is 13.1. The number of para-hydroxylation sites is 3. The minimum Gasteiger partial charge on any atom is -0.457 e. The van der Waals surface area contributed by atoms with Crippen LogP contribution in [0.3, 0.4) is 0 Å². The summed E-state index contributed by atoms with van der Waals surface area (Å²) in [4.78, 5) is 13.7. The average Bonchev–Trinajstić information content (AvgIpc) is 3.01. The summed E-state index contributed by atoms with van der Waals surface area (Å²) in [6.45, 7) is 0. The van der Waals surface area contributed by atoms with E-state index in [1.165, 1.54) is 0 Å². The number of hydrogen-bond donors (Lipinski definition) is 3. The summed E-state index contributed by atoms with van der Waals surface area (Å²) < 4.78 is 32.8. The van der Waals surface area contributed by atoms with Crippen molar-refractivity contribution >= 4 is 31.7 Å². The van der Waals surface area contributed by atoms with E-state index in [-0.39, 0.29) is 23.8 Å². The molecule has 1 atom stereocenters. The molecular weight excluding hydrogens is 585 g/mol. The molecule has 0 fully saturated rings. The van der Waals surface area contributed by atoms with Crippen molar-refractivity contribution in [2.45, 2.75) is 5.78 Å². The van der Waals surface area contributed by atoms with E-state index >= 15 is 0 Å². The number of hydrogen-bond acceptors (Lipinski definition) is 6. The van der Waals surface area contributed by atoms with Crippen LogP contribution in [0.5, 0.6) is 23.0 Å². The second kappa shape index (κ2) is 14.2. The number of ether oxygens (including phenoxy) is 1. The number of amidine groups is 1. The lowest BCUT2D eigenvalue weighted by molar-refractivity contribution is 0.0943. The molecule has 4 N–H and O–H groups in total. The molecular formula is C33H29ClN3O5P. The van der Waals surface area contributed by atoms with Crippen LogP contribution in [0.1, 0.15) is 27.3 Å². The topological polar surface area (TPSA) is 124 Å². The van der Waals surface area contributed by atoms with Gasteiger partial charge in [0.15, 0.2) is 5.78 Å². The molecule has 10 heteroatoms. The predicted molar refractivity (Wildman–Crippen MR) is 170 cm³/mol. The van der Waals surface area contributed by atoms with Crippen molar-refractivity contribution < 1.29 is 23.1 Å². The Kier molecular flexibility index (Phi) is 10.2. The van der Waals surface area contributed by atoms with Crippen LogP contribution in [0.25, 0.3) is 0 Å². The van der Waals surface area contributed by atoms with Crippen molar-refractivity contribution in [3.05, 3.63) is 156 Å². The number of nitrogens with one attached hydrogen (secondary N) is 2. The number of carbonyl (C=O) groups is 1. The number of halogens is 1. The van der Waals surface area contributed by atoms with Crippen molar-refractivity contribution in [3.8, 4) is 23.0 Å². The maximum atomic E-state index is 14.8. The molecule has 1 unspecified atom stereocenters. The van der Waals surface area contributed by atoms with E-state index in [0.29, 0.717) is 34.1 Å². The van der Waals surface area contributed by atoms with Crippen molar-refractivity contribution in [1.82, 2.24) is 5.32 Å². The summed E-state index contributed by atoms with van der Waals surface area (Å²) in [6.07, 6.45) is 0. The van der Waals surface area contributed by atoms with Gasteiger partial charge in [-0.3, -0.25) is 10.2 Å². The Labute approximate surface area is 255 Å². The van der Waals surface area contributed by atoms with Crippen LogP contribution in [0.15, 0.2) is 140 Å². The van der Waals surface area contributed by atoms with Gasteiger partial charge in [0.05, 0.1) is 0 Å². The third-order valence-electron chi connectivity index (χ3n) is 6.15. The minimum absolute atomic E-state index is 0. The van der Waals surface area contributed by atoms with E-state index in [1.54, 1.807) is 109 Å². The number of nitrogens with two attached hydrogens (primary N) is 1. The van der Waals surface area contributed by atoms with Gasteiger partial charge >= 0.3 is 7.60 Å². The maximum absolute atomic E-state index is 14.8. The summed E-state index contributed by atoms with van der Waals surface area (Å²) in [7, 11) is -4.22. The zero-order valence-corrected chi connectivity index (χ0v) is 24.5. The van der Waals surface area contributed by atoms with Crippen molar-refractivity contribution in [2.75, 3.05) is 0 Å². The van der Waals surface area contributed by atoms with Gasteiger partial charge in [0.25, 0.3) is 5.91 Å². The first kappa shape index (κ1) is 30.9. The van der Waals surface area contributed by atoms with Gasteiger partial charge in [-0.15, -0.1) is 12.4 Å². The molecule has 5 aromatic rings. The van der Waals surface area contributed by atoms with Crippen LogP contribution < -0.4 is 24.8 Å². The molecule has 0 saturated heterocycles. The van der Waals surface area contributed by atoms with Crippen molar-refractivity contribution in [3.63, 3.8) is 0 Å². The SMILES string of the molecule is Cl.N=C(N)c1ccc(C(NC(=O)c2cccc(Oc3ccccc3)c2)P(=O)(Oc2ccccc2)Oc2ccccc2)cc1. The summed E-state index contributed by atoms with van der Waals surface area (Å²) in [6, 6.07) is 39.6. The smallest absolute Gasteiger partial charge is 0.457 e. The molecule has 0 aliphatic heterocycles. The van der Waals surface area contributed by atoms with E-state index in [9.17, 15) is 9.36 Å². The number of nitrogen functional groups attached to an aromatic ring is 1. The zero-order chi connectivity index (χ0) is 29.4. The van der Waals surface area contributed by atoms with Gasteiger partial charge in [0.2, 0.25) is 0 Å². The Hall–Kier alpha value is -5.04. The molecule has 0 aliphatic rings. The number of amides is 1.